The van der Waals surface area contributed by atoms with Gasteiger partial charge in [-0.15, -0.1) is 11.3 Å². The Bertz CT molecular complexity index is 885. The Morgan fingerprint density at radius 1 is 1.19 bits per heavy atom. The molecule has 1 aliphatic rings. The fourth-order valence-corrected chi connectivity index (χ4v) is 3.77. The number of nitrogens with one attached hydrogen (secondary N) is 2. The molecule has 2 N–H and O–H groups in total. The zero-order valence-electron chi connectivity index (χ0n) is 16.0. The maximum absolute atomic E-state index is 12.7. The summed E-state index contributed by atoms with van der Waals surface area (Å²) < 4.78 is 0. The molecule has 1 heterocycles. The van der Waals surface area contributed by atoms with Crippen molar-refractivity contribution in [1.29, 1.82) is 0 Å². The van der Waals surface area contributed by atoms with Gasteiger partial charge in [0.1, 0.15) is 5.69 Å². The fourth-order valence-electron chi connectivity index (χ4n) is 3.18. The number of hydrogen-bond acceptors (Lipinski definition) is 4. The van der Waals surface area contributed by atoms with E-state index in [2.05, 4.69) is 21.7 Å². The van der Waals surface area contributed by atoms with Crippen molar-refractivity contribution >= 4 is 28.8 Å². The molecule has 5 nitrogen and oxygen atoms in total. The first-order chi connectivity index (χ1) is 12.9. The predicted octanol–water partition coefficient (Wildman–Crippen LogP) is 4.63. The van der Waals surface area contributed by atoms with Crippen LogP contribution in [0.1, 0.15) is 64.0 Å². The highest BCUT2D eigenvalue weighted by Crippen LogP contribution is 2.22. The second-order valence-electron chi connectivity index (χ2n) is 6.96. The number of nitrogens with zero attached hydrogens (tertiary/aromatic N) is 1. The molecule has 0 saturated heterocycles. The number of carbonyl (C=O) groups is 2. The summed E-state index contributed by atoms with van der Waals surface area (Å²) in [6.45, 7) is 5.79. The minimum absolute atomic E-state index is 0.0233. The van der Waals surface area contributed by atoms with E-state index in [4.69, 9.17) is 0 Å². The number of carbonyl (C=O) groups excluding carboxylic acids is 2. The summed E-state index contributed by atoms with van der Waals surface area (Å²) in [6, 6.07) is 5.38. The number of anilines is 1. The minimum atomic E-state index is -0.263. The molecule has 142 valence electrons. The van der Waals surface area contributed by atoms with Crippen molar-refractivity contribution in [3.63, 3.8) is 0 Å². The Morgan fingerprint density at radius 2 is 2.00 bits per heavy atom. The summed E-state index contributed by atoms with van der Waals surface area (Å²) >= 11 is 1.43. The van der Waals surface area contributed by atoms with Gasteiger partial charge in [0.05, 0.1) is 5.01 Å². The van der Waals surface area contributed by atoms with E-state index in [0.717, 1.165) is 23.4 Å². The smallest absolute Gasteiger partial charge is 0.275 e. The van der Waals surface area contributed by atoms with Crippen molar-refractivity contribution < 1.29 is 9.59 Å². The maximum atomic E-state index is 12.7. The number of aromatic nitrogens is 1. The topological polar surface area (TPSA) is 71.1 Å². The van der Waals surface area contributed by atoms with Gasteiger partial charge < -0.3 is 10.6 Å². The molecule has 3 rings (SSSR count). The van der Waals surface area contributed by atoms with Crippen LogP contribution in [0.2, 0.25) is 0 Å². The van der Waals surface area contributed by atoms with E-state index in [1.165, 1.54) is 29.8 Å². The van der Waals surface area contributed by atoms with Crippen LogP contribution in [0.4, 0.5) is 5.69 Å². The van der Waals surface area contributed by atoms with Crippen molar-refractivity contribution in [3.05, 3.63) is 57.1 Å². The van der Waals surface area contributed by atoms with Gasteiger partial charge in [0, 0.05) is 22.7 Å². The van der Waals surface area contributed by atoms with E-state index in [-0.39, 0.29) is 17.9 Å². The first kappa shape index (κ1) is 19.3. The van der Waals surface area contributed by atoms with Crippen molar-refractivity contribution in [2.75, 3.05) is 5.32 Å². The third-order valence-corrected chi connectivity index (χ3v) is 5.60. The molecule has 27 heavy (non-hydrogen) atoms. The van der Waals surface area contributed by atoms with Gasteiger partial charge in [-0.05, 0) is 64.2 Å². The number of thiazole rings is 1. The van der Waals surface area contributed by atoms with Crippen molar-refractivity contribution in [1.82, 2.24) is 10.3 Å². The highest BCUT2D eigenvalue weighted by atomic mass is 32.1. The summed E-state index contributed by atoms with van der Waals surface area (Å²) in [5.41, 5.74) is 3.75. The van der Waals surface area contributed by atoms with Gasteiger partial charge in [-0.1, -0.05) is 17.7 Å². The largest absolute Gasteiger partial charge is 0.346 e. The zero-order chi connectivity index (χ0) is 19.4. The van der Waals surface area contributed by atoms with Gasteiger partial charge >= 0.3 is 0 Å². The van der Waals surface area contributed by atoms with Gasteiger partial charge in [-0.25, -0.2) is 4.98 Å². The molecule has 0 spiro atoms. The first-order valence-electron chi connectivity index (χ1n) is 9.28. The normalized spacial score (nSPS) is 15.0. The molecule has 1 atom stereocenters. The molecule has 1 unspecified atom stereocenters. The number of benzene rings is 1. The average Bonchev–Trinajstić information content (AvgIpc) is 3.10. The monoisotopic (exact) mass is 383 g/mol. The van der Waals surface area contributed by atoms with Gasteiger partial charge in [0.2, 0.25) is 0 Å². The van der Waals surface area contributed by atoms with Crippen LogP contribution in [-0.2, 0) is 0 Å². The second-order valence-corrected chi connectivity index (χ2v) is 8.02. The van der Waals surface area contributed by atoms with Gasteiger partial charge in [-0.2, -0.15) is 0 Å². The average molecular weight is 384 g/mol. The summed E-state index contributed by atoms with van der Waals surface area (Å²) in [5, 5.41) is 8.51. The van der Waals surface area contributed by atoms with E-state index in [1.807, 2.05) is 26.8 Å². The second kappa shape index (κ2) is 8.48. The number of hydrogen-bond donors (Lipinski definition) is 2. The SMILES string of the molecule is Cc1nc(C(=O)Nc2cc(C(=O)NC(C)C3=CCCCC3)ccc2C)cs1. The highest BCUT2D eigenvalue weighted by molar-refractivity contribution is 7.09. The molecule has 1 aliphatic carbocycles. The van der Waals surface area contributed by atoms with Crippen LogP contribution in [0.25, 0.3) is 0 Å². The van der Waals surface area contributed by atoms with E-state index >= 15 is 0 Å². The van der Waals surface area contributed by atoms with E-state index in [9.17, 15) is 9.59 Å². The quantitative estimate of drug-likeness (QED) is 0.740. The third kappa shape index (κ3) is 4.83. The Hall–Kier alpha value is -2.47. The molecule has 0 bridgehead atoms. The molecule has 2 aromatic rings. The van der Waals surface area contributed by atoms with Crippen LogP contribution in [0.3, 0.4) is 0 Å². The number of allylic oxidation sites excluding steroid dienone is 1. The predicted molar refractivity (Wildman–Crippen MR) is 109 cm³/mol. The highest BCUT2D eigenvalue weighted by Gasteiger charge is 2.17. The zero-order valence-corrected chi connectivity index (χ0v) is 16.8. The van der Waals surface area contributed by atoms with E-state index in [0.29, 0.717) is 16.9 Å². The molecule has 0 aliphatic heterocycles. The lowest BCUT2D eigenvalue weighted by molar-refractivity contribution is 0.0943. The summed E-state index contributed by atoms with van der Waals surface area (Å²) in [5.74, 6) is -0.394. The Morgan fingerprint density at radius 3 is 2.67 bits per heavy atom. The Balaban J connectivity index is 1.71. The van der Waals surface area contributed by atoms with E-state index < -0.39 is 0 Å². The van der Waals surface area contributed by atoms with Crippen molar-refractivity contribution in [3.8, 4) is 0 Å². The van der Waals surface area contributed by atoms with Crippen LogP contribution in [0.15, 0.2) is 35.2 Å². The van der Waals surface area contributed by atoms with Crippen LogP contribution in [-0.4, -0.2) is 22.8 Å². The molecule has 6 heteroatoms. The maximum Gasteiger partial charge on any atom is 0.275 e. The first-order valence-corrected chi connectivity index (χ1v) is 10.2. The molecule has 1 aromatic heterocycles. The standard InChI is InChI=1S/C21H25N3O2S/c1-13-9-10-17(20(25)22-14(2)16-7-5-4-6-8-16)11-18(13)24-21(26)19-12-27-15(3)23-19/h7,9-12,14H,4-6,8H2,1-3H3,(H,22,25)(H,24,26). The van der Waals surface area contributed by atoms with Gasteiger partial charge in [0.25, 0.3) is 11.8 Å². The molecule has 2 amide bonds. The van der Waals surface area contributed by atoms with Crippen LogP contribution >= 0.6 is 11.3 Å². The lowest BCUT2D eigenvalue weighted by atomic mass is 9.94. The van der Waals surface area contributed by atoms with Crippen LogP contribution in [0, 0.1) is 13.8 Å². The van der Waals surface area contributed by atoms with Crippen molar-refractivity contribution in [2.24, 2.45) is 0 Å². The molecular weight excluding hydrogens is 358 g/mol. The lowest BCUT2D eigenvalue weighted by Crippen LogP contribution is -2.34. The van der Waals surface area contributed by atoms with Crippen LogP contribution in [0.5, 0.6) is 0 Å². The molecule has 0 saturated carbocycles. The summed E-state index contributed by atoms with van der Waals surface area (Å²) in [7, 11) is 0. The van der Waals surface area contributed by atoms with Crippen LogP contribution < -0.4 is 10.6 Å². The number of rotatable bonds is 5. The lowest BCUT2D eigenvalue weighted by Gasteiger charge is -2.21. The Kier molecular flexibility index (Phi) is 6.06. The summed E-state index contributed by atoms with van der Waals surface area (Å²) in [4.78, 5) is 29.2. The molecule has 0 fully saturated rings. The fraction of sp³-hybridized carbons (Fsp3) is 0.381. The molecule has 0 radical (unpaired) electrons. The van der Waals surface area contributed by atoms with Gasteiger partial charge in [0.15, 0.2) is 0 Å². The van der Waals surface area contributed by atoms with Gasteiger partial charge in [-0.3, -0.25) is 9.59 Å². The summed E-state index contributed by atoms with van der Waals surface area (Å²) in [6.07, 6.45) is 6.79. The minimum Gasteiger partial charge on any atom is -0.346 e. The molecular formula is C21H25N3O2S. The van der Waals surface area contributed by atoms with E-state index in [1.54, 1.807) is 17.5 Å². The van der Waals surface area contributed by atoms with Crippen molar-refractivity contribution in [2.45, 2.75) is 52.5 Å². The molecule has 1 aromatic carbocycles. The third-order valence-electron chi connectivity index (χ3n) is 4.83. The number of amides is 2. The Labute approximate surface area is 163 Å². The number of aryl methyl sites for hydroxylation is 2.